The first kappa shape index (κ1) is 18.2. The number of benzene rings is 2. The van der Waals surface area contributed by atoms with Gasteiger partial charge in [-0.05, 0) is 50.1 Å². The predicted octanol–water partition coefficient (Wildman–Crippen LogP) is 3.85. The molecule has 0 unspecified atom stereocenters. The summed E-state index contributed by atoms with van der Waals surface area (Å²) in [4.78, 5) is 17.4. The van der Waals surface area contributed by atoms with Gasteiger partial charge in [0, 0.05) is 4.90 Å². The number of nitrogens with zero attached hydrogens (tertiary/aromatic N) is 3. The molecule has 0 radical (unpaired) electrons. The Bertz CT molecular complexity index is 875. The fraction of sp³-hybridized carbons (Fsp3) is 0.250. The molecule has 0 bridgehead atoms. The zero-order valence-electron chi connectivity index (χ0n) is 15.1. The van der Waals surface area contributed by atoms with E-state index in [-0.39, 0.29) is 11.9 Å². The molecule has 1 N–H and O–H groups in total. The summed E-state index contributed by atoms with van der Waals surface area (Å²) in [6, 6.07) is 14.2. The molecular formula is C20H22N4OS. The van der Waals surface area contributed by atoms with Crippen molar-refractivity contribution in [2.75, 3.05) is 5.75 Å². The van der Waals surface area contributed by atoms with Crippen LogP contribution in [-0.4, -0.2) is 26.4 Å². The molecule has 26 heavy (non-hydrogen) atoms. The van der Waals surface area contributed by atoms with Crippen LogP contribution in [0, 0.1) is 13.8 Å². The van der Waals surface area contributed by atoms with Crippen LogP contribution in [0.15, 0.2) is 60.0 Å². The monoisotopic (exact) mass is 366 g/mol. The molecule has 0 aliphatic rings. The van der Waals surface area contributed by atoms with E-state index in [1.165, 1.54) is 17.5 Å². The topological polar surface area (TPSA) is 59.8 Å². The van der Waals surface area contributed by atoms with Gasteiger partial charge >= 0.3 is 0 Å². The van der Waals surface area contributed by atoms with Gasteiger partial charge in [0.15, 0.2) is 0 Å². The molecule has 134 valence electrons. The lowest BCUT2D eigenvalue weighted by atomic mass is 10.1. The van der Waals surface area contributed by atoms with E-state index >= 15 is 0 Å². The van der Waals surface area contributed by atoms with Crippen LogP contribution in [0.3, 0.4) is 0 Å². The minimum absolute atomic E-state index is 0.0304. The molecule has 0 aliphatic heterocycles. The lowest BCUT2D eigenvalue weighted by molar-refractivity contribution is -0.119. The Hall–Kier alpha value is -2.60. The third-order valence-electron chi connectivity index (χ3n) is 4.14. The standard InChI is InChI=1S/C20H22N4OS/c1-14-4-9-19(15(2)10-14)26-11-20(25)23-16(3)17-5-7-18(8-6-17)24-13-21-12-22-24/h4-10,12-13,16H,11H2,1-3H3,(H,23,25)/t16-/m0/s1. The molecule has 3 aromatic rings. The smallest absolute Gasteiger partial charge is 0.230 e. The zero-order valence-corrected chi connectivity index (χ0v) is 16.0. The van der Waals surface area contributed by atoms with Gasteiger partial charge in [0.25, 0.3) is 0 Å². The Labute approximate surface area is 157 Å². The maximum atomic E-state index is 12.3. The van der Waals surface area contributed by atoms with Gasteiger partial charge < -0.3 is 5.32 Å². The van der Waals surface area contributed by atoms with Crippen molar-refractivity contribution in [3.63, 3.8) is 0 Å². The molecule has 1 atom stereocenters. The second-order valence-electron chi connectivity index (χ2n) is 6.28. The SMILES string of the molecule is Cc1ccc(SCC(=O)N[C@@H](C)c2ccc(-n3cncn3)cc2)c(C)c1. The maximum absolute atomic E-state index is 12.3. The van der Waals surface area contributed by atoms with Crippen molar-refractivity contribution in [1.82, 2.24) is 20.1 Å². The van der Waals surface area contributed by atoms with Crippen molar-refractivity contribution in [2.24, 2.45) is 0 Å². The van der Waals surface area contributed by atoms with E-state index in [0.29, 0.717) is 5.75 Å². The van der Waals surface area contributed by atoms with Crippen molar-refractivity contribution in [3.8, 4) is 5.69 Å². The van der Waals surface area contributed by atoms with Crippen LogP contribution in [0.25, 0.3) is 5.69 Å². The molecule has 6 heteroatoms. The van der Waals surface area contributed by atoms with Crippen molar-refractivity contribution in [1.29, 1.82) is 0 Å². The summed E-state index contributed by atoms with van der Waals surface area (Å²) in [6.45, 7) is 6.14. The molecule has 0 fully saturated rings. The van der Waals surface area contributed by atoms with Gasteiger partial charge in [-0.25, -0.2) is 9.67 Å². The average molecular weight is 366 g/mol. The van der Waals surface area contributed by atoms with E-state index in [1.807, 2.05) is 31.2 Å². The number of rotatable bonds is 6. The highest BCUT2D eigenvalue weighted by molar-refractivity contribution is 8.00. The quantitative estimate of drug-likeness (QED) is 0.673. The molecule has 1 amide bonds. The predicted molar refractivity (Wildman–Crippen MR) is 105 cm³/mol. The van der Waals surface area contributed by atoms with Gasteiger partial charge in [0.05, 0.1) is 17.5 Å². The number of aromatic nitrogens is 3. The largest absolute Gasteiger partial charge is 0.349 e. The molecule has 1 heterocycles. The summed E-state index contributed by atoms with van der Waals surface area (Å²) >= 11 is 1.57. The number of carbonyl (C=O) groups is 1. The summed E-state index contributed by atoms with van der Waals surface area (Å²) in [5.74, 6) is 0.438. The Morgan fingerprint density at radius 3 is 2.62 bits per heavy atom. The van der Waals surface area contributed by atoms with E-state index in [2.05, 4.69) is 47.4 Å². The fourth-order valence-electron chi connectivity index (χ4n) is 2.73. The van der Waals surface area contributed by atoms with Crippen molar-refractivity contribution < 1.29 is 4.79 Å². The third-order valence-corrected chi connectivity index (χ3v) is 5.32. The summed E-state index contributed by atoms with van der Waals surface area (Å²) in [5.41, 5.74) is 4.44. The Morgan fingerprint density at radius 1 is 1.19 bits per heavy atom. The van der Waals surface area contributed by atoms with Crippen molar-refractivity contribution in [2.45, 2.75) is 31.7 Å². The van der Waals surface area contributed by atoms with E-state index < -0.39 is 0 Å². The van der Waals surface area contributed by atoms with Gasteiger partial charge in [-0.1, -0.05) is 29.8 Å². The molecule has 5 nitrogen and oxygen atoms in total. The van der Waals surface area contributed by atoms with Crippen molar-refractivity contribution in [3.05, 3.63) is 71.8 Å². The number of amides is 1. The van der Waals surface area contributed by atoms with E-state index in [4.69, 9.17) is 0 Å². The van der Waals surface area contributed by atoms with E-state index in [9.17, 15) is 4.79 Å². The minimum atomic E-state index is -0.0491. The van der Waals surface area contributed by atoms with Crippen LogP contribution in [0.1, 0.15) is 29.7 Å². The summed E-state index contributed by atoms with van der Waals surface area (Å²) in [6.07, 6.45) is 3.16. The van der Waals surface area contributed by atoms with Gasteiger partial charge in [-0.15, -0.1) is 11.8 Å². The third kappa shape index (κ3) is 4.52. The molecule has 0 saturated carbocycles. The number of hydrogen-bond donors (Lipinski definition) is 1. The first-order valence-electron chi connectivity index (χ1n) is 8.47. The van der Waals surface area contributed by atoms with Crippen LogP contribution < -0.4 is 5.32 Å². The minimum Gasteiger partial charge on any atom is -0.349 e. The second-order valence-corrected chi connectivity index (χ2v) is 7.30. The summed E-state index contributed by atoms with van der Waals surface area (Å²) < 4.78 is 1.70. The Kier molecular flexibility index (Phi) is 5.73. The van der Waals surface area contributed by atoms with Gasteiger partial charge in [-0.3, -0.25) is 4.79 Å². The molecule has 0 spiro atoms. The van der Waals surface area contributed by atoms with Gasteiger partial charge in [-0.2, -0.15) is 5.10 Å². The lowest BCUT2D eigenvalue weighted by Gasteiger charge is -2.15. The Morgan fingerprint density at radius 2 is 1.96 bits per heavy atom. The van der Waals surface area contributed by atoms with Crippen LogP contribution >= 0.6 is 11.8 Å². The first-order chi connectivity index (χ1) is 12.5. The highest BCUT2D eigenvalue weighted by atomic mass is 32.2. The van der Waals surface area contributed by atoms with Crippen molar-refractivity contribution >= 4 is 17.7 Å². The highest BCUT2D eigenvalue weighted by Crippen LogP contribution is 2.23. The van der Waals surface area contributed by atoms with Crippen LogP contribution in [-0.2, 0) is 4.79 Å². The van der Waals surface area contributed by atoms with E-state index in [0.717, 1.165) is 16.1 Å². The first-order valence-corrected chi connectivity index (χ1v) is 9.46. The number of thioether (sulfide) groups is 1. The van der Waals surface area contributed by atoms with Gasteiger partial charge in [0.1, 0.15) is 12.7 Å². The number of carbonyl (C=O) groups excluding carboxylic acids is 1. The highest BCUT2D eigenvalue weighted by Gasteiger charge is 2.11. The van der Waals surface area contributed by atoms with Crippen LogP contribution in [0.2, 0.25) is 0 Å². The number of nitrogens with one attached hydrogen (secondary N) is 1. The van der Waals surface area contributed by atoms with E-state index in [1.54, 1.807) is 22.8 Å². The van der Waals surface area contributed by atoms with Gasteiger partial charge in [0.2, 0.25) is 5.91 Å². The average Bonchev–Trinajstić information content (AvgIpc) is 3.16. The molecule has 0 saturated heterocycles. The normalized spacial score (nSPS) is 12.0. The van der Waals surface area contributed by atoms with Crippen LogP contribution in [0.5, 0.6) is 0 Å². The Balaban J connectivity index is 1.55. The molecule has 2 aromatic carbocycles. The molecular weight excluding hydrogens is 344 g/mol. The molecule has 1 aromatic heterocycles. The lowest BCUT2D eigenvalue weighted by Crippen LogP contribution is -2.28. The number of hydrogen-bond acceptors (Lipinski definition) is 4. The summed E-state index contributed by atoms with van der Waals surface area (Å²) in [5, 5.41) is 7.17. The zero-order chi connectivity index (χ0) is 18.5. The second kappa shape index (κ2) is 8.19. The summed E-state index contributed by atoms with van der Waals surface area (Å²) in [7, 11) is 0. The fourth-order valence-corrected chi connectivity index (χ4v) is 3.55. The molecule has 3 rings (SSSR count). The number of aryl methyl sites for hydroxylation is 2. The van der Waals surface area contributed by atoms with Crippen LogP contribution in [0.4, 0.5) is 0 Å². The molecule has 0 aliphatic carbocycles. The maximum Gasteiger partial charge on any atom is 0.230 e.